The second-order valence-electron chi connectivity index (χ2n) is 7.29. The molecule has 9 nitrogen and oxygen atoms in total. The molecule has 2 bridgehead atoms. The molecule has 0 aromatic rings. The lowest BCUT2D eigenvalue weighted by molar-refractivity contribution is -0.353. The fourth-order valence-electron chi connectivity index (χ4n) is 3.78. The van der Waals surface area contributed by atoms with Crippen LogP contribution in [0, 0.1) is 5.92 Å². The van der Waals surface area contributed by atoms with Gasteiger partial charge in [0.25, 0.3) is 5.91 Å². The van der Waals surface area contributed by atoms with Crippen molar-refractivity contribution < 1.29 is 42.1 Å². The van der Waals surface area contributed by atoms with Gasteiger partial charge in [-0.2, -0.15) is 0 Å². The molecular weight excluding hydrogens is 375 g/mol. The molecule has 152 valence electrons. The van der Waals surface area contributed by atoms with Crippen molar-refractivity contribution >= 4 is 17.9 Å². The zero-order chi connectivity index (χ0) is 19.9. The van der Waals surface area contributed by atoms with Crippen LogP contribution in [-0.2, 0) is 19.1 Å². The van der Waals surface area contributed by atoms with Crippen LogP contribution in [-0.4, -0.2) is 53.2 Å². The van der Waals surface area contributed by atoms with Crippen LogP contribution in [0.5, 0.6) is 0 Å². The highest BCUT2D eigenvalue weighted by Crippen LogP contribution is 2.43. The number of carboxylic acid groups (broad SMARTS) is 1. The normalized spacial score (nSPS) is 35.1. The molecule has 4 N–H and O–H groups in total. The minimum absolute atomic E-state index is 0.0553. The molecule has 4 rings (SSSR count). The number of nitrogens with one attached hydrogen (secondary N) is 3. The fraction of sp³-hybridized carbons (Fsp3) is 0.800. The molecule has 0 atom stereocenters. The van der Waals surface area contributed by atoms with E-state index in [0.717, 1.165) is 0 Å². The number of ether oxygens (including phenoxy) is 2. The molecule has 0 aromatic carbocycles. The SMILES string of the molecule is O=C(O)NC12CCC(C(=O)NNC(=O)C3CC(OC(F)(F)F)C3)(CC1)OC2. The van der Waals surface area contributed by atoms with Crippen molar-refractivity contribution in [1.29, 1.82) is 0 Å². The van der Waals surface area contributed by atoms with Crippen molar-refractivity contribution in [3.05, 3.63) is 0 Å². The van der Waals surface area contributed by atoms with E-state index < -0.39 is 47.4 Å². The van der Waals surface area contributed by atoms with E-state index in [0.29, 0.717) is 25.7 Å². The Hall–Kier alpha value is -2.08. The molecule has 27 heavy (non-hydrogen) atoms. The van der Waals surface area contributed by atoms with Crippen LogP contribution in [0.15, 0.2) is 0 Å². The lowest BCUT2D eigenvalue weighted by Crippen LogP contribution is -2.67. The Bertz CT molecular complexity index is 610. The summed E-state index contributed by atoms with van der Waals surface area (Å²) in [5.41, 5.74) is 2.65. The van der Waals surface area contributed by atoms with Gasteiger partial charge in [0, 0.05) is 5.92 Å². The average molecular weight is 395 g/mol. The summed E-state index contributed by atoms with van der Waals surface area (Å²) in [5, 5.41) is 11.3. The second kappa shape index (κ2) is 6.82. The maximum Gasteiger partial charge on any atom is 0.522 e. The number of halogens is 3. The molecule has 2 saturated carbocycles. The largest absolute Gasteiger partial charge is 0.522 e. The van der Waals surface area contributed by atoms with Gasteiger partial charge in [0.15, 0.2) is 0 Å². The number of hydrogen-bond acceptors (Lipinski definition) is 5. The smallest absolute Gasteiger partial charge is 0.465 e. The summed E-state index contributed by atoms with van der Waals surface area (Å²) in [6.07, 6.45) is -5.65. The molecule has 2 heterocycles. The van der Waals surface area contributed by atoms with Crippen LogP contribution in [0.1, 0.15) is 38.5 Å². The zero-order valence-electron chi connectivity index (χ0n) is 14.2. The Balaban J connectivity index is 1.43. The first-order chi connectivity index (χ1) is 12.5. The van der Waals surface area contributed by atoms with Crippen LogP contribution < -0.4 is 16.2 Å². The topological polar surface area (TPSA) is 126 Å². The molecule has 4 fully saturated rings. The fourth-order valence-corrected chi connectivity index (χ4v) is 3.78. The van der Waals surface area contributed by atoms with Crippen molar-refractivity contribution in [2.45, 2.75) is 62.1 Å². The summed E-state index contributed by atoms with van der Waals surface area (Å²) < 4.78 is 45.6. The maximum atomic E-state index is 12.4. The van der Waals surface area contributed by atoms with E-state index in [9.17, 15) is 27.6 Å². The summed E-state index contributed by atoms with van der Waals surface area (Å²) in [7, 11) is 0. The third-order valence-electron chi connectivity index (χ3n) is 5.49. The number of carbonyl (C=O) groups excluding carboxylic acids is 2. The highest BCUT2D eigenvalue weighted by atomic mass is 19.4. The van der Waals surface area contributed by atoms with Crippen LogP contribution in [0.25, 0.3) is 0 Å². The van der Waals surface area contributed by atoms with Gasteiger partial charge in [0.1, 0.15) is 5.60 Å². The van der Waals surface area contributed by atoms with Crippen LogP contribution in [0.4, 0.5) is 18.0 Å². The van der Waals surface area contributed by atoms with Crippen molar-refractivity contribution in [1.82, 2.24) is 16.2 Å². The Morgan fingerprint density at radius 2 is 1.70 bits per heavy atom. The van der Waals surface area contributed by atoms with Crippen LogP contribution in [0.2, 0.25) is 0 Å². The molecule has 3 amide bonds. The standard InChI is InChI=1S/C15H20F3N3O6/c16-15(17,18)27-9-5-8(6-9)10(22)20-21-11(23)14-3-1-13(2-4-14,7-26-14)19-12(24)25/h8-9,19H,1-7H2,(H,20,22)(H,21,23)(H,24,25). The molecule has 2 aliphatic heterocycles. The minimum Gasteiger partial charge on any atom is -0.465 e. The first-order valence-electron chi connectivity index (χ1n) is 8.52. The lowest BCUT2D eigenvalue weighted by atomic mass is 9.71. The summed E-state index contributed by atoms with van der Waals surface area (Å²) in [6, 6.07) is 0. The number of fused-ring (bicyclic) bond motifs is 3. The van der Waals surface area contributed by atoms with E-state index in [1.54, 1.807) is 0 Å². The number of carbonyl (C=O) groups is 3. The minimum atomic E-state index is -4.73. The summed E-state index contributed by atoms with van der Waals surface area (Å²) >= 11 is 0. The van der Waals surface area contributed by atoms with E-state index in [1.807, 2.05) is 0 Å². The summed E-state index contributed by atoms with van der Waals surface area (Å²) in [4.78, 5) is 35.2. The van der Waals surface area contributed by atoms with Gasteiger partial charge in [0.05, 0.1) is 18.2 Å². The van der Waals surface area contributed by atoms with Gasteiger partial charge in [0.2, 0.25) is 5.91 Å². The molecule has 0 spiro atoms. The van der Waals surface area contributed by atoms with E-state index in [-0.39, 0.29) is 19.4 Å². The first kappa shape index (κ1) is 19.7. The van der Waals surface area contributed by atoms with E-state index in [2.05, 4.69) is 20.9 Å². The summed E-state index contributed by atoms with van der Waals surface area (Å²) in [6.45, 7) is 0.0553. The Morgan fingerprint density at radius 3 is 2.19 bits per heavy atom. The second-order valence-corrected chi connectivity index (χ2v) is 7.29. The van der Waals surface area contributed by atoms with Gasteiger partial charge in [-0.3, -0.25) is 25.2 Å². The third-order valence-corrected chi connectivity index (χ3v) is 5.49. The van der Waals surface area contributed by atoms with E-state index >= 15 is 0 Å². The number of amides is 3. The highest BCUT2D eigenvalue weighted by molar-refractivity contribution is 5.89. The van der Waals surface area contributed by atoms with Gasteiger partial charge < -0.3 is 15.2 Å². The van der Waals surface area contributed by atoms with Gasteiger partial charge >= 0.3 is 12.5 Å². The zero-order valence-corrected chi connectivity index (χ0v) is 14.2. The quantitative estimate of drug-likeness (QED) is 0.522. The monoisotopic (exact) mass is 395 g/mol. The first-order valence-corrected chi connectivity index (χ1v) is 8.52. The number of hydrogen-bond donors (Lipinski definition) is 4. The van der Waals surface area contributed by atoms with Crippen molar-refractivity contribution in [2.24, 2.45) is 5.92 Å². The predicted octanol–water partition coefficient (Wildman–Crippen LogP) is 0.798. The molecule has 0 radical (unpaired) electrons. The number of rotatable bonds is 4. The van der Waals surface area contributed by atoms with Crippen LogP contribution >= 0.6 is 0 Å². The Labute approximate surface area is 151 Å². The molecule has 0 unspecified atom stereocenters. The van der Waals surface area contributed by atoms with Gasteiger partial charge in [-0.25, -0.2) is 4.79 Å². The van der Waals surface area contributed by atoms with Crippen molar-refractivity contribution in [3.8, 4) is 0 Å². The van der Waals surface area contributed by atoms with Gasteiger partial charge in [-0.05, 0) is 38.5 Å². The van der Waals surface area contributed by atoms with E-state index in [1.165, 1.54) is 0 Å². The molecule has 4 aliphatic rings. The van der Waals surface area contributed by atoms with Crippen molar-refractivity contribution in [3.63, 3.8) is 0 Å². The molecule has 2 saturated heterocycles. The molecule has 2 aliphatic carbocycles. The number of alkyl halides is 3. The Morgan fingerprint density at radius 1 is 1.07 bits per heavy atom. The molecule has 0 aromatic heterocycles. The predicted molar refractivity (Wildman–Crippen MR) is 81.0 cm³/mol. The molecular formula is C15H20F3N3O6. The third kappa shape index (κ3) is 4.26. The van der Waals surface area contributed by atoms with E-state index in [4.69, 9.17) is 9.84 Å². The van der Waals surface area contributed by atoms with Gasteiger partial charge in [-0.1, -0.05) is 0 Å². The summed E-state index contributed by atoms with van der Waals surface area (Å²) in [5.74, 6) is -1.81. The number of hydrazine groups is 1. The van der Waals surface area contributed by atoms with Crippen molar-refractivity contribution in [2.75, 3.05) is 6.61 Å². The maximum absolute atomic E-state index is 12.4. The highest BCUT2D eigenvalue weighted by Gasteiger charge is 2.54. The van der Waals surface area contributed by atoms with Gasteiger partial charge in [-0.15, -0.1) is 13.2 Å². The molecule has 12 heteroatoms. The average Bonchev–Trinajstić information content (AvgIpc) is 2.55. The van der Waals surface area contributed by atoms with Crippen LogP contribution in [0.3, 0.4) is 0 Å². The Kier molecular flexibility index (Phi) is 4.97. The lowest BCUT2D eigenvalue weighted by Gasteiger charge is -2.51.